The zero-order valence-electron chi connectivity index (χ0n) is 12.5. The number of hydrogen-bond donors (Lipinski definition) is 2. The van der Waals surface area contributed by atoms with Gasteiger partial charge in [-0.2, -0.15) is 0 Å². The van der Waals surface area contributed by atoms with Crippen LogP contribution in [-0.4, -0.2) is 38.4 Å². The fourth-order valence-electron chi connectivity index (χ4n) is 2.53. The van der Waals surface area contributed by atoms with Gasteiger partial charge in [-0.3, -0.25) is 4.79 Å². The highest BCUT2D eigenvalue weighted by molar-refractivity contribution is 7.91. The Morgan fingerprint density at radius 1 is 1.45 bits per heavy atom. The zero-order chi connectivity index (χ0) is 16.2. The van der Waals surface area contributed by atoms with Crippen molar-refractivity contribution in [2.75, 3.05) is 23.4 Å². The predicted octanol–water partition coefficient (Wildman–Crippen LogP) is 1.57. The van der Waals surface area contributed by atoms with Crippen molar-refractivity contribution in [2.45, 2.75) is 25.8 Å². The average molecular weight is 328 g/mol. The molecule has 2 atom stereocenters. The van der Waals surface area contributed by atoms with Gasteiger partial charge in [0.1, 0.15) is 5.82 Å². The van der Waals surface area contributed by atoms with Gasteiger partial charge in [-0.1, -0.05) is 6.07 Å². The second kappa shape index (κ2) is 7.19. The highest BCUT2D eigenvalue weighted by atomic mass is 32.2. The minimum absolute atomic E-state index is 0.0723. The quantitative estimate of drug-likeness (QED) is 0.831. The fraction of sp³-hybridized carbons (Fsp3) is 0.533. The lowest BCUT2D eigenvalue weighted by atomic mass is 10.1. The van der Waals surface area contributed by atoms with Crippen LogP contribution in [0, 0.1) is 11.7 Å². The third-order valence-corrected chi connectivity index (χ3v) is 5.52. The summed E-state index contributed by atoms with van der Waals surface area (Å²) in [5.41, 5.74) is 0.430. The van der Waals surface area contributed by atoms with Gasteiger partial charge in [0.25, 0.3) is 0 Å². The Bertz CT molecular complexity index is 633. The third kappa shape index (κ3) is 5.38. The Morgan fingerprint density at radius 2 is 2.23 bits per heavy atom. The number of anilines is 1. The maximum absolute atomic E-state index is 13.0. The van der Waals surface area contributed by atoms with Crippen molar-refractivity contribution in [2.24, 2.45) is 5.92 Å². The van der Waals surface area contributed by atoms with E-state index >= 15 is 0 Å². The van der Waals surface area contributed by atoms with E-state index in [4.69, 9.17) is 0 Å². The summed E-state index contributed by atoms with van der Waals surface area (Å²) in [6, 6.07) is 5.67. The van der Waals surface area contributed by atoms with Gasteiger partial charge in [0, 0.05) is 18.2 Å². The van der Waals surface area contributed by atoms with Crippen LogP contribution in [0.2, 0.25) is 0 Å². The minimum Gasteiger partial charge on any atom is -0.326 e. The molecule has 1 heterocycles. The molecule has 1 aliphatic rings. The molecule has 1 aliphatic heterocycles. The highest BCUT2D eigenvalue weighted by Gasteiger charge is 2.27. The Labute approximate surface area is 130 Å². The number of nitrogens with one attached hydrogen (secondary N) is 2. The van der Waals surface area contributed by atoms with Crippen LogP contribution in [0.5, 0.6) is 0 Å². The molecule has 1 saturated heterocycles. The van der Waals surface area contributed by atoms with Gasteiger partial charge >= 0.3 is 0 Å². The second-order valence-electron chi connectivity index (χ2n) is 5.84. The van der Waals surface area contributed by atoms with Crippen LogP contribution in [0.25, 0.3) is 0 Å². The highest BCUT2D eigenvalue weighted by Crippen LogP contribution is 2.17. The van der Waals surface area contributed by atoms with E-state index in [1.54, 1.807) is 6.07 Å². The number of carbonyl (C=O) groups excluding carboxylic acids is 1. The van der Waals surface area contributed by atoms with Crippen molar-refractivity contribution >= 4 is 21.4 Å². The largest absolute Gasteiger partial charge is 0.326 e. The van der Waals surface area contributed by atoms with Crippen molar-refractivity contribution in [3.8, 4) is 0 Å². The van der Waals surface area contributed by atoms with Gasteiger partial charge in [-0.15, -0.1) is 0 Å². The van der Waals surface area contributed by atoms with Crippen molar-refractivity contribution < 1.29 is 17.6 Å². The van der Waals surface area contributed by atoms with Crippen molar-refractivity contribution in [1.82, 2.24) is 5.32 Å². The lowest BCUT2D eigenvalue weighted by molar-refractivity contribution is -0.116. The van der Waals surface area contributed by atoms with E-state index < -0.39 is 15.7 Å². The number of hydrogen-bond acceptors (Lipinski definition) is 4. The first-order chi connectivity index (χ1) is 10.3. The molecule has 2 rings (SSSR count). The number of benzene rings is 1. The van der Waals surface area contributed by atoms with Crippen LogP contribution in [0.1, 0.15) is 19.8 Å². The number of sulfone groups is 1. The maximum atomic E-state index is 13.0. The first-order valence-corrected chi connectivity index (χ1v) is 9.15. The van der Waals surface area contributed by atoms with E-state index in [0.29, 0.717) is 18.7 Å². The molecule has 0 saturated carbocycles. The van der Waals surface area contributed by atoms with Gasteiger partial charge in [-0.25, -0.2) is 12.8 Å². The smallest absolute Gasteiger partial charge is 0.225 e. The molecule has 22 heavy (non-hydrogen) atoms. The van der Waals surface area contributed by atoms with Gasteiger partial charge < -0.3 is 10.6 Å². The van der Waals surface area contributed by atoms with Crippen LogP contribution in [0.4, 0.5) is 10.1 Å². The molecule has 7 heteroatoms. The topological polar surface area (TPSA) is 75.3 Å². The molecule has 1 amide bonds. The molecule has 0 bridgehead atoms. The SMILES string of the molecule is CC(CC(=O)Nc1cccc(F)c1)NCC1CCS(=O)(=O)C1. The van der Waals surface area contributed by atoms with Crippen LogP contribution < -0.4 is 10.6 Å². The molecular formula is C15H21FN2O3S. The van der Waals surface area contributed by atoms with E-state index in [2.05, 4.69) is 10.6 Å². The summed E-state index contributed by atoms with van der Waals surface area (Å²) in [7, 11) is -2.87. The van der Waals surface area contributed by atoms with Crippen LogP contribution >= 0.6 is 0 Å². The Kier molecular flexibility index (Phi) is 5.52. The fourth-order valence-corrected chi connectivity index (χ4v) is 4.39. The van der Waals surface area contributed by atoms with Gasteiger partial charge in [0.2, 0.25) is 5.91 Å². The first kappa shape index (κ1) is 16.9. The molecule has 0 radical (unpaired) electrons. The van der Waals surface area contributed by atoms with Crippen LogP contribution in [-0.2, 0) is 14.6 Å². The summed E-state index contributed by atoms with van der Waals surface area (Å²) in [5.74, 6) is 0.00509. The molecular weight excluding hydrogens is 307 g/mol. The van der Waals surface area contributed by atoms with Crippen molar-refractivity contribution in [1.29, 1.82) is 0 Å². The molecule has 0 aromatic heterocycles. The number of rotatable bonds is 6. The van der Waals surface area contributed by atoms with E-state index in [0.717, 1.165) is 0 Å². The van der Waals surface area contributed by atoms with E-state index in [-0.39, 0.29) is 35.8 Å². The average Bonchev–Trinajstić information content (AvgIpc) is 2.76. The molecule has 5 nitrogen and oxygen atoms in total. The summed E-state index contributed by atoms with van der Waals surface area (Å²) in [6.07, 6.45) is 0.924. The molecule has 2 N–H and O–H groups in total. The normalized spacial score (nSPS) is 21.5. The van der Waals surface area contributed by atoms with E-state index in [1.165, 1.54) is 18.2 Å². The molecule has 1 aromatic carbocycles. The number of halogens is 1. The Balaban J connectivity index is 1.72. The number of amides is 1. The standard InChI is InChI=1S/C15H21FN2O3S/c1-11(17-9-12-5-6-22(20,21)10-12)7-15(19)18-14-4-2-3-13(16)8-14/h2-4,8,11-12,17H,5-7,9-10H2,1H3,(H,18,19). The third-order valence-electron chi connectivity index (χ3n) is 3.68. The minimum atomic E-state index is -2.87. The Hall–Kier alpha value is -1.47. The maximum Gasteiger partial charge on any atom is 0.225 e. The lowest BCUT2D eigenvalue weighted by Gasteiger charge is -2.16. The Morgan fingerprint density at radius 3 is 2.86 bits per heavy atom. The summed E-state index contributed by atoms with van der Waals surface area (Å²) in [4.78, 5) is 11.9. The van der Waals surface area contributed by atoms with Crippen LogP contribution in [0.3, 0.4) is 0 Å². The van der Waals surface area contributed by atoms with Crippen molar-refractivity contribution in [3.63, 3.8) is 0 Å². The van der Waals surface area contributed by atoms with Gasteiger partial charge in [0.05, 0.1) is 11.5 Å². The predicted molar refractivity (Wildman–Crippen MR) is 83.9 cm³/mol. The van der Waals surface area contributed by atoms with Crippen molar-refractivity contribution in [3.05, 3.63) is 30.1 Å². The summed E-state index contributed by atoms with van der Waals surface area (Å²) < 4.78 is 35.8. The zero-order valence-corrected chi connectivity index (χ0v) is 13.3. The lowest BCUT2D eigenvalue weighted by Crippen LogP contribution is -2.34. The number of carbonyl (C=O) groups is 1. The van der Waals surface area contributed by atoms with E-state index in [9.17, 15) is 17.6 Å². The first-order valence-electron chi connectivity index (χ1n) is 7.33. The summed E-state index contributed by atoms with van der Waals surface area (Å²) in [5, 5.41) is 5.83. The molecule has 0 aliphatic carbocycles. The molecule has 0 spiro atoms. The molecule has 1 aromatic rings. The summed E-state index contributed by atoms with van der Waals surface area (Å²) in [6.45, 7) is 2.46. The van der Waals surface area contributed by atoms with Gasteiger partial charge in [-0.05, 0) is 44.0 Å². The summed E-state index contributed by atoms with van der Waals surface area (Å²) >= 11 is 0. The molecule has 1 fully saturated rings. The van der Waals surface area contributed by atoms with Crippen LogP contribution in [0.15, 0.2) is 24.3 Å². The molecule has 2 unspecified atom stereocenters. The second-order valence-corrected chi connectivity index (χ2v) is 8.07. The molecule has 122 valence electrons. The monoisotopic (exact) mass is 328 g/mol. The van der Waals surface area contributed by atoms with E-state index in [1.807, 2.05) is 6.92 Å². The van der Waals surface area contributed by atoms with Gasteiger partial charge in [0.15, 0.2) is 9.84 Å².